The van der Waals surface area contributed by atoms with Crippen molar-refractivity contribution in [2.24, 2.45) is 5.73 Å². The largest absolute Gasteiger partial charge is 0.478 e. The highest BCUT2D eigenvalue weighted by Crippen LogP contribution is 2.33. The van der Waals surface area contributed by atoms with Gasteiger partial charge in [-0.1, -0.05) is 69.7 Å². The van der Waals surface area contributed by atoms with Gasteiger partial charge in [-0.05, 0) is 18.1 Å². The smallest absolute Gasteiger partial charge is 0.339 e. The molecule has 1 atom stereocenters. The molecule has 4 N–H and O–H groups in total. The number of aliphatic carboxylic acids is 1. The van der Waals surface area contributed by atoms with Gasteiger partial charge >= 0.3 is 5.97 Å². The van der Waals surface area contributed by atoms with Crippen molar-refractivity contribution in [2.75, 3.05) is 0 Å². The summed E-state index contributed by atoms with van der Waals surface area (Å²) in [5.74, 6) is -2.45. The van der Waals surface area contributed by atoms with E-state index >= 15 is 0 Å². The van der Waals surface area contributed by atoms with Crippen LogP contribution in [0.15, 0.2) is 35.9 Å². The monoisotopic (exact) mass is 439 g/mol. The molecule has 0 saturated heterocycles. The van der Waals surface area contributed by atoms with Gasteiger partial charge in [-0.15, -0.1) is 0 Å². The van der Waals surface area contributed by atoms with Crippen molar-refractivity contribution in [3.8, 4) is 0 Å². The van der Waals surface area contributed by atoms with E-state index in [1.807, 2.05) is 0 Å². The number of Topliss-reactive ketones (excluding diaryl/α,β-unsaturated/α-hetero) is 1. The van der Waals surface area contributed by atoms with Gasteiger partial charge < -0.3 is 10.8 Å². The third-order valence-electron chi connectivity index (χ3n) is 4.65. The molecule has 1 aliphatic carbocycles. The second-order valence-corrected chi connectivity index (χ2v) is 8.61. The van der Waals surface area contributed by atoms with Crippen molar-refractivity contribution < 1.29 is 32.5 Å². The minimum Gasteiger partial charge on any atom is -0.478 e. The summed E-state index contributed by atoms with van der Waals surface area (Å²) >= 11 is 0. The molecule has 8 nitrogen and oxygen atoms in total. The Labute approximate surface area is 176 Å². The summed E-state index contributed by atoms with van der Waals surface area (Å²) in [6.45, 7) is 2.22. The van der Waals surface area contributed by atoms with Gasteiger partial charge in [-0.2, -0.15) is 8.42 Å². The molecule has 30 heavy (non-hydrogen) atoms. The van der Waals surface area contributed by atoms with Crippen molar-refractivity contribution in [1.29, 1.82) is 0 Å². The minimum atomic E-state index is -4.52. The normalized spacial score (nSPS) is 15.5. The van der Waals surface area contributed by atoms with Crippen molar-refractivity contribution in [2.45, 2.75) is 63.5 Å². The highest BCUT2D eigenvalue weighted by atomic mass is 32.2. The van der Waals surface area contributed by atoms with E-state index in [9.17, 15) is 22.8 Å². The summed E-state index contributed by atoms with van der Waals surface area (Å²) in [4.78, 5) is 33.0. The number of benzene rings is 1. The lowest BCUT2D eigenvalue weighted by Gasteiger charge is -2.19. The molecule has 1 unspecified atom stereocenters. The number of carbonyl (C=O) groups is 3. The Morgan fingerprint density at radius 1 is 1.03 bits per heavy atom. The summed E-state index contributed by atoms with van der Waals surface area (Å²) in [7, 11) is -4.52. The average Bonchev–Trinajstić information content (AvgIpc) is 2.67. The third kappa shape index (κ3) is 8.08. The van der Waals surface area contributed by atoms with Crippen LogP contribution in [0.4, 0.5) is 0 Å². The molecular formula is C21H29NO7S. The predicted octanol–water partition coefficient (Wildman–Crippen LogP) is 3.44. The standard InChI is InChI=1S/C11H8O6S.C10H21NO/c12-10-7-4-2-1-3-6(7)9(18(15,16)17)5-8(10)11(13)14;1-2-3-4-5-6-7-8-9-10(11)12/h1-5,9H,(H,13,14)(H,15,16,17);2-9H2,1H3,(H2,11,12). The van der Waals surface area contributed by atoms with Gasteiger partial charge in [-0.25, -0.2) is 4.79 Å². The van der Waals surface area contributed by atoms with E-state index in [1.54, 1.807) is 0 Å². The van der Waals surface area contributed by atoms with Gasteiger partial charge in [0.15, 0.2) is 5.78 Å². The van der Waals surface area contributed by atoms with Crippen LogP contribution in [0, 0.1) is 0 Å². The van der Waals surface area contributed by atoms with Crippen LogP contribution in [0.5, 0.6) is 0 Å². The van der Waals surface area contributed by atoms with Gasteiger partial charge in [0.05, 0.1) is 0 Å². The van der Waals surface area contributed by atoms with Crippen LogP contribution in [0.3, 0.4) is 0 Å². The molecule has 0 bridgehead atoms. The lowest BCUT2D eigenvalue weighted by Crippen LogP contribution is -2.24. The third-order valence-corrected chi connectivity index (χ3v) is 5.68. The first-order valence-corrected chi connectivity index (χ1v) is 11.4. The van der Waals surface area contributed by atoms with Crippen LogP contribution in [0.25, 0.3) is 0 Å². The quantitative estimate of drug-likeness (QED) is 0.287. The van der Waals surface area contributed by atoms with Crippen LogP contribution in [-0.2, 0) is 19.7 Å². The molecule has 1 aliphatic rings. The first-order chi connectivity index (χ1) is 14.1. The zero-order valence-electron chi connectivity index (χ0n) is 17.0. The van der Waals surface area contributed by atoms with E-state index in [2.05, 4.69) is 6.92 Å². The van der Waals surface area contributed by atoms with Crippen molar-refractivity contribution >= 4 is 27.8 Å². The minimum absolute atomic E-state index is 0.0278. The topological polar surface area (TPSA) is 152 Å². The number of amides is 1. The molecule has 0 saturated carbocycles. The average molecular weight is 440 g/mol. The second-order valence-electron chi connectivity index (χ2n) is 7.08. The number of carbonyl (C=O) groups excluding carboxylic acids is 2. The molecule has 0 heterocycles. The molecule has 2 rings (SSSR count). The number of nitrogens with two attached hydrogens (primary N) is 1. The molecule has 1 aromatic rings. The van der Waals surface area contributed by atoms with E-state index in [1.165, 1.54) is 56.4 Å². The Morgan fingerprint density at radius 2 is 1.60 bits per heavy atom. The molecule has 166 valence electrons. The van der Waals surface area contributed by atoms with Gasteiger partial charge in [0.1, 0.15) is 10.8 Å². The van der Waals surface area contributed by atoms with Crippen LogP contribution in [0.2, 0.25) is 0 Å². The van der Waals surface area contributed by atoms with E-state index < -0.39 is 32.7 Å². The van der Waals surface area contributed by atoms with Crippen LogP contribution < -0.4 is 5.73 Å². The molecule has 0 aromatic heterocycles. The summed E-state index contributed by atoms with van der Waals surface area (Å²) in [5, 5.41) is 7.32. The van der Waals surface area contributed by atoms with Gasteiger partial charge in [0, 0.05) is 12.0 Å². The molecule has 0 radical (unpaired) electrons. The van der Waals surface area contributed by atoms with Crippen LogP contribution in [0.1, 0.15) is 79.5 Å². The maximum absolute atomic E-state index is 11.8. The Morgan fingerprint density at radius 3 is 2.13 bits per heavy atom. The Balaban J connectivity index is 0.000000329. The molecule has 0 fully saturated rings. The highest BCUT2D eigenvalue weighted by molar-refractivity contribution is 7.86. The number of hydrogen-bond acceptors (Lipinski definition) is 5. The zero-order valence-corrected chi connectivity index (χ0v) is 17.9. The fourth-order valence-electron chi connectivity index (χ4n) is 3.09. The van der Waals surface area contributed by atoms with E-state index in [0.29, 0.717) is 6.42 Å². The summed E-state index contributed by atoms with van der Waals surface area (Å²) in [6, 6.07) is 5.68. The highest BCUT2D eigenvalue weighted by Gasteiger charge is 2.35. The fraction of sp³-hybridized carbons (Fsp3) is 0.476. The van der Waals surface area contributed by atoms with Crippen LogP contribution in [-0.4, -0.2) is 35.7 Å². The number of carboxylic acids is 1. The van der Waals surface area contributed by atoms with Crippen molar-refractivity contribution in [1.82, 2.24) is 0 Å². The number of hydrogen-bond donors (Lipinski definition) is 3. The second kappa shape index (κ2) is 12.2. The van der Waals surface area contributed by atoms with Gasteiger partial charge in [0.25, 0.3) is 10.1 Å². The molecule has 1 amide bonds. The van der Waals surface area contributed by atoms with E-state index in [4.69, 9.17) is 15.4 Å². The van der Waals surface area contributed by atoms with E-state index in [-0.39, 0.29) is 17.0 Å². The lowest BCUT2D eigenvalue weighted by atomic mass is 9.90. The van der Waals surface area contributed by atoms with Gasteiger partial charge in [0.2, 0.25) is 5.91 Å². The molecule has 0 spiro atoms. The maximum Gasteiger partial charge on any atom is 0.339 e. The van der Waals surface area contributed by atoms with Crippen LogP contribution >= 0.6 is 0 Å². The first kappa shape index (κ1) is 25.5. The Hall–Kier alpha value is -2.52. The predicted molar refractivity (Wildman–Crippen MR) is 113 cm³/mol. The molecule has 9 heteroatoms. The number of primary amides is 1. The zero-order chi connectivity index (χ0) is 22.7. The molecular weight excluding hydrogens is 410 g/mol. The first-order valence-electron chi connectivity index (χ1n) is 9.92. The molecule has 0 aliphatic heterocycles. The number of carboxylic acid groups (broad SMARTS) is 1. The lowest BCUT2D eigenvalue weighted by molar-refractivity contribution is -0.132. The Bertz CT molecular complexity index is 890. The number of fused-ring (bicyclic) bond motifs is 1. The molecule has 1 aromatic carbocycles. The fourth-order valence-corrected chi connectivity index (χ4v) is 3.92. The van der Waals surface area contributed by atoms with E-state index in [0.717, 1.165) is 18.9 Å². The maximum atomic E-state index is 11.8. The summed E-state index contributed by atoms with van der Waals surface area (Å²) in [6.07, 6.45) is 9.99. The summed E-state index contributed by atoms with van der Waals surface area (Å²) in [5.41, 5.74) is 4.41. The Kier molecular flexibility index (Phi) is 10.4. The van der Waals surface area contributed by atoms with Crippen molar-refractivity contribution in [3.05, 3.63) is 47.0 Å². The number of unbranched alkanes of at least 4 members (excludes halogenated alkanes) is 6. The van der Waals surface area contributed by atoms with Gasteiger partial charge in [-0.3, -0.25) is 14.1 Å². The number of rotatable bonds is 10. The SMILES string of the molecule is CCCCCCCCCC(N)=O.O=C(O)C1=CC(S(=O)(=O)O)c2ccccc2C1=O. The summed E-state index contributed by atoms with van der Waals surface area (Å²) < 4.78 is 31.6. The van der Waals surface area contributed by atoms with Crippen molar-refractivity contribution in [3.63, 3.8) is 0 Å². The number of ketones is 1.